The molecule has 1 aliphatic heterocycles. The Morgan fingerprint density at radius 1 is 1.21 bits per heavy atom. The minimum atomic E-state index is -0.422. The van der Waals surface area contributed by atoms with E-state index in [1.807, 2.05) is 30.3 Å². The lowest BCUT2D eigenvalue weighted by molar-refractivity contribution is 0.137. The first-order valence-electron chi connectivity index (χ1n) is 6.77. The fourth-order valence-electron chi connectivity index (χ4n) is 2.77. The number of aliphatic hydroxyl groups excluding tert-OH is 1. The molecule has 1 aliphatic rings. The van der Waals surface area contributed by atoms with E-state index in [1.165, 1.54) is 0 Å². The summed E-state index contributed by atoms with van der Waals surface area (Å²) in [4.78, 5) is 0. The molecule has 1 saturated heterocycles. The van der Waals surface area contributed by atoms with E-state index in [0.717, 1.165) is 41.5 Å². The summed E-state index contributed by atoms with van der Waals surface area (Å²) in [6.45, 7) is 1.01. The molecule has 1 fully saturated rings. The van der Waals surface area contributed by atoms with Crippen molar-refractivity contribution in [1.82, 2.24) is 5.32 Å². The van der Waals surface area contributed by atoms with Crippen molar-refractivity contribution in [2.24, 2.45) is 0 Å². The Balaban J connectivity index is 1.92. The Morgan fingerprint density at radius 3 is 2.74 bits per heavy atom. The molecule has 3 heteroatoms. The Kier molecular flexibility index (Phi) is 3.40. The summed E-state index contributed by atoms with van der Waals surface area (Å²) in [6, 6.07) is 12.3. The van der Waals surface area contributed by atoms with E-state index in [9.17, 15) is 5.11 Å². The highest BCUT2D eigenvalue weighted by Crippen LogP contribution is 2.27. The number of hydrogen-bond acceptors (Lipinski definition) is 3. The lowest BCUT2D eigenvalue weighted by Crippen LogP contribution is -2.28. The predicted molar refractivity (Wildman–Crippen MR) is 76.5 cm³/mol. The quantitative estimate of drug-likeness (QED) is 0.888. The van der Waals surface area contributed by atoms with Gasteiger partial charge in [0.1, 0.15) is 5.75 Å². The van der Waals surface area contributed by atoms with E-state index >= 15 is 0 Å². The number of ether oxygens (including phenoxy) is 1. The third kappa shape index (κ3) is 2.44. The van der Waals surface area contributed by atoms with Gasteiger partial charge in [-0.05, 0) is 53.9 Å². The van der Waals surface area contributed by atoms with Gasteiger partial charge in [-0.15, -0.1) is 0 Å². The fourth-order valence-corrected chi connectivity index (χ4v) is 2.77. The highest BCUT2D eigenvalue weighted by molar-refractivity contribution is 5.84. The maximum atomic E-state index is 10.4. The summed E-state index contributed by atoms with van der Waals surface area (Å²) in [5.41, 5.74) is 0.983. The molecule has 100 valence electrons. The summed E-state index contributed by atoms with van der Waals surface area (Å²) in [5, 5.41) is 16.0. The molecular formula is C16H19NO2. The standard InChI is InChI=1S/C16H19NO2/c1-19-14-7-6-11-9-13(5-4-12(11)10-14)16(18)15-3-2-8-17-15/h4-7,9-10,15-18H,2-3,8H2,1H3. The molecular weight excluding hydrogens is 238 g/mol. The van der Waals surface area contributed by atoms with Crippen LogP contribution in [0.2, 0.25) is 0 Å². The topological polar surface area (TPSA) is 41.5 Å². The highest BCUT2D eigenvalue weighted by Gasteiger charge is 2.23. The maximum absolute atomic E-state index is 10.4. The molecule has 19 heavy (non-hydrogen) atoms. The lowest BCUT2D eigenvalue weighted by Gasteiger charge is -2.19. The van der Waals surface area contributed by atoms with Crippen molar-refractivity contribution in [1.29, 1.82) is 0 Å². The van der Waals surface area contributed by atoms with Gasteiger partial charge < -0.3 is 15.2 Å². The Bertz CT molecular complexity index is 576. The molecule has 0 aliphatic carbocycles. The van der Waals surface area contributed by atoms with Crippen molar-refractivity contribution >= 4 is 10.8 Å². The molecule has 2 N–H and O–H groups in total. The van der Waals surface area contributed by atoms with Gasteiger partial charge in [0.2, 0.25) is 0 Å². The first-order valence-corrected chi connectivity index (χ1v) is 6.77. The van der Waals surface area contributed by atoms with Crippen molar-refractivity contribution in [3.8, 4) is 5.75 Å². The molecule has 0 saturated carbocycles. The van der Waals surface area contributed by atoms with Crippen LogP contribution in [0.15, 0.2) is 36.4 Å². The number of hydrogen-bond donors (Lipinski definition) is 2. The summed E-state index contributed by atoms with van der Waals surface area (Å²) in [7, 11) is 1.67. The monoisotopic (exact) mass is 257 g/mol. The number of nitrogens with one attached hydrogen (secondary N) is 1. The van der Waals surface area contributed by atoms with E-state index in [4.69, 9.17) is 4.74 Å². The van der Waals surface area contributed by atoms with Gasteiger partial charge in [0.15, 0.2) is 0 Å². The van der Waals surface area contributed by atoms with Crippen LogP contribution in [0, 0.1) is 0 Å². The number of benzene rings is 2. The van der Waals surface area contributed by atoms with Crippen LogP contribution in [0.25, 0.3) is 10.8 Å². The second-order valence-electron chi connectivity index (χ2n) is 5.12. The zero-order valence-electron chi connectivity index (χ0n) is 11.1. The summed E-state index contributed by atoms with van der Waals surface area (Å²) in [6.07, 6.45) is 1.77. The molecule has 3 rings (SSSR count). The predicted octanol–water partition coefficient (Wildman–Crippen LogP) is 2.63. The van der Waals surface area contributed by atoms with E-state index < -0.39 is 6.10 Å². The highest BCUT2D eigenvalue weighted by atomic mass is 16.5. The summed E-state index contributed by atoms with van der Waals surface area (Å²) in [5.74, 6) is 0.859. The molecule has 0 spiro atoms. The van der Waals surface area contributed by atoms with Crippen molar-refractivity contribution in [3.63, 3.8) is 0 Å². The zero-order chi connectivity index (χ0) is 13.2. The molecule has 2 aromatic carbocycles. The molecule has 2 unspecified atom stereocenters. The zero-order valence-corrected chi connectivity index (χ0v) is 11.1. The van der Waals surface area contributed by atoms with Crippen LogP contribution in [0.5, 0.6) is 5.75 Å². The number of aliphatic hydroxyl groups is 1. The van der Waals surface area contributed by atoms with Crippen LogP contribution in [-0.4, -0.2) is 24.8 Å². The second kappa shape index (κ2) is 5.19. The van der Waals surface area contributed by atoms with Crippen molar-refractivity contribution < 1.29 is 9.84 Å². The van der Waals surface area contributed by atoms with Gasteiger partial charge in [-0.25, -0.2) is 0 Å². The number of methoxy groups -OCH3 is 1. The van der Waals surface area contributed by atoms with Crippen molar-refractivity contribution in [2.75, 3.05) is 13.7 Å². The normalized spacial score (nSPS) is 20.6. The largest absolute Gasteiger partial charge is 0.497 e. The minimum absolute atomic E-state index is 0.190. The summed E-state index contributed by atoms with van der Waals surface area (Å²) >= 11 is 0. The van der Waals surface area contributed by atoms with Gasteiger partial charge in [0.25, 0.3) is 0 Å². The van der Waals surface area contributed by atoms with Crippen LogP contribution in [0.1, 0.15) is 24.5 Å². The van der Waals surface area contributed by atoms with E-state index in [0.29, 0.717) is 0 Å². The van der Waals surface area contributed by atoms with E-state index in [-0.39, 0.29) is 6.04 Å². The average molecular weight is 257 g/mol. The maximum Gasteiger partial charge on any atom is 0.119 e. The first-order chi connectivity index (χ1) is 9.28. The van der Waals surface area contributed by atoms with Gasteiger partial charge in [0.05, 0.1) is 13.2 Å². The Labute approximate surface area is 113 Å². The van der Waals surface area contributed by atoms with E-state index in [1.54, 1.807) is 7.11 Å². The molecule has 2 aromatic rings. The molecule has 2 atom stereocenters. The van der Waals surface area contributed by atoms with Crippen molar-refractivity contribution in [3.05, 3.63) is 42.0 Å². The van der Waals surface area contributed by atoms with Gasteiger partial charge in [0, 0.05) is 6.04 Å². The van der Waals surface area contributed by atoms with E-state index in [2.05, 4.69) is 11.4 Å². The number of fused-ring (bicyclic) bond motifs is 1. The van der Waals surface area contributed by atoms with Crippen LogP contribution in [0.3, 0.4) is 0 Å². The minimum Gasteiger partial charge on any atom is -0.497 e. The number of rotatable bonds is 3. The van der Waals surface area contributed by atoms with Gasteiger partial charge in [-0.1, -0.05) is 18.2 Å². The molecule has 0 radical (unpaired) electrons. The molecule has 3 nitrogen and oxygen atoms in total. The molecule has 1 heterocycles. The third-order valence-corrected chi connectivity index (χ3v) is 3.89. The van der Waals surface area contributed by atoms with Crippen LogP contribution in [-0.2, 0) is 0 Å². The van der Waals surface area contributed by atoms with Crippen LogP contribution < -0.4 is 10.1 Å². The third-order valence-electron chi connectivity index (χ3n) is 3.89. The SMILES string of the molecule is COc1ccc2cc(C(O)C3CCCN3)ccc2c1. The summed E-state index contributed by atoms with van der Waals surface area (Å²) < 4.78 is 5.22. The fraction of sp³-hybridized carbons (Fsp3) is 0.375. The molecule has 0 amide bonds. The smallest absolute Gasteiger partial charge is 0.119 e. The van der Waals surface area contributed by atoms with Crippen LogP contribution >= 0.6 is 0 Å². The van der Waals surface area contributed by atoms with Crippen molar-refractivity contribution in [2.45, 2.75) is 25.0 Å². The Hall–Kier alpha value is -1.58. The van der Waals surface area contributed by atoms with Crippen LogP contribution in [0.4, 0.5) is 0 Å². The first kappa shape index (κ1) is 12.5. The van der Waals surface area contributed by atoms with Gasteiger partial charge in [-0.2, -0.15) is 0 Å². The molecule has 0 aromatic heterocycles. The Morgan fingerprint density at radius 2 is 2.00 bits per heavy atom. The lowest BCUT2D eigenvalue weighted by atomic mass is 9.98. The van der Waals surface area contributed by atoms with Gasteiger partial charge >= 0.3 is 0 Å². The average Bonchev–Trinajstić information content (AvgIpc) is 2.99. The van der Waals surface area contributed by atoms with Gasteiger partial charge in [-0.3, -0.25) is 0 Å². The second-order valence-corrected chi connectivity index (χ2v) is 5.12. The molecule has 0 bridgehead atoms.